The Balaban J connectivity index is 1.47. The van der Waals surface area contributed by atoms with Gasteiger partial charge in [-0.2, -0.15) is 0 Å². The van der Waals surface area contributed by atoms with E-state index in [1.807, 2.05) is 39.8 Å². The van der Waals surface area contributed by atoms with Crippen LogP contribution in [0.15, 0.2) is 42.6 Å². The molecule has 1 amide bonds. The Morgan fingerprint density at radius 3 is 2.37 bits per heavy atom. The van der Waals surface area contributed by atoms with E-state index in [1.165, 1.54) is 12.0 Å². The first-order valence-corrected chi connectivity index (χ1v) is 10.9. The Morgan fingerprint density at radius 2 is 1.73 bits per heavy atom. The van der Waals surface area contributed by atoms with Crippen molar-refractivity contribution in [1.29, 1.82) is 0 Å². The van der Waals surface area contributed by atoms with Crippen LogP contribution in [0.2, 0.25) is 0 Å². The number of carbonyl (C=O) groups is 1. The number of benzene rings is 1. The normalized spacial score (nSPS) is 18.6. The summed E-state index contributed by atoms with van der Waals surface area (Å²) in [6, 6.07) is 11.9. The molecule has 1 aliphatic carbocycles. The smallest absolute Gasteiger partial charge is 0.253 e. The van der Waals surface area contributed by atoms with Crippen LogP contribution in [0.5, 0.6) is 0 Å². The highest BCUT2D eigenvalue weighted by atomic mass is 16.3. The molecule has 1 aliphatic heterocycles. The van der Waals surface area contributed by atoms with Crippen LogP contribution in [0, 0.1) is 0 Å². The molecular formula is C24H28N4O2. The van der Waals surface area contributed by atoms with Crippen molar-refractivity contribution in [2.75, 3.05) is 13.1 Å². The zero-order valence-electron chi connectivity index (χ0n) is 17.6. The van der Waals surface area contributed by atoms with E-state index < -0.39 is 5.60 Å². The summed E-state index contributed by atoms with van der Waals surface area (Å²) in [4.78, 5) is 14.8. The van der Waals surface area contributed by atoms with Gasteiger partial charge in [-0.05, 0) is 69.7 Å². The number of likely N-dealkylation sites (tertiary alicyclic amines) is 1. The second kappa shape index (κ2) is 6.91. The number of pyridine rings is 1. The number of carbonyl (C=O) groups excluding carboxylic acids is 1. The predicted molar refractivity (Wildman–Crippen MR) is 114 cm³/mol. The zero-order valence-corrected chi connectivity index (χ0v) is 17.6. The van der Waals surface area contributed by atoms with Crippen molar-refractivity contribution in [3.8, 4) is 0 Å². The standard InChI is InChI=1S/C24H28N4O2/c1-23(2,30)19-7-6-16-28-20(19)25-26-22(28)24(12-13-24)18-10-8-17(9-11-18)21(29)27-14-4-3-5-15-27/h6-11,16,30H,3-5,12-15H2,1-2H3. The third-order valence-electron chi connectivity index (χ3n) is 6.60. The largest absolute Gasteiger partial charge is 0.386 e. The van der Waals surface area contributed by atoms with E-state index in [2.05, 4.69) is 22.3 Å². The van der Waals surface area contributed by atoms with Crippen molar-refractivity contribution >= 4 is 11.6 Å². The summed E-state index contributed by atoms with van der Waals surface area (Å²) in [5.41, 5.74) is 2.22. The van der Waals surface area contributed by atoms with Crippen molar-refractivity contribution in [2.24, 2.45) is 0 Å². The van der Waals surface area contributed by atoms with Crippen molar-refractivity contribution in [3.05, 3.63) is 65.1 Å². The minimum Gasteiger partial charge on any atom is -0.386 e. The summed E-state index contributed by atoms with van der Waals surface area (Å²) in [5.74, 6) is 1.03. The minimum atomic E-state index is -0.986. The van der Waals surface area contributed by atoms with Gasteiger partial charge in [0.25, 0.3) is 5.91 Å². The van der Waals surface area contributed by atoms with Gasteiger partial charge in [0.1, 0.15) is 5.82 Å². The molecule has 3 aromatic rings. The molecule has 30 heavy (non-hydrogen) atoms. The molecule has 6 heteroatoms. The van der Waals surface area contributed by atoms with Gasteiger partial charge in [0.15, 0.2) is 5.65 Å². The Morgan fingerprint density at radius 1 is 1.03 bits per heavy atom. The van der Waals surface area contributed by atoms with E-state index in [1.54, 1.807) is 13.8 Å². The van der Waals surface area contributed by atoms with Crippen LogP contribution in [-0.2, 0) is 11.0 Å². The van der Waals surface area contributed by atoms with E-state index >= 15 is 0 Å². The first kappa shape index (κ1) is 19.2. The summed E-state index contributed by atoms with van der Waals surface area (Å²) >= 11 is 0. The average molecular weight is 405 g/mol. The molecule has 0 unspecified atom stereocenters. The number of nitrogens with zero attached hydrogens (tertiary/aromatic N) is 4. The van der Waals surface area contributed by atoms with Crippen LogP contribution < -0.4 is 0 Å². The highest BCUT2D eigenvalue weighted by Crippen LogP contribution is 2.52. The van der Waals surface area contributed by atoms with Crippen LogP contribution in [0.3, 0.4) is 0 Å². The van der Waals surface area contributed by atoms with E-state index in [0.717, 1.165) is 55.7 Å². The Bertz CT molecular complexity index is 1080. The molecular weight excluding hydrogens is 376 g/mol. The number of hydrogen-bond donors (Lipinski definition) is 1. The molecule has 2 fully saturated rings. The summed E-state index contributed by atoms with van der Waals surface area (Å²) in [6.07, 6.45) is 7.37. The van der Waals surface area contributed by atoms with E-state index in [-0.39, 0.29) is 11.3 Å². The molecule has 1 saturated heterocycles. The zero-order chi connectivity index (χ0) is 20.9. The Hall–Kier alpha value is -2.73. The molecule has 2 aromatic heterocycles. The van der Waals surface area contributed by atoms with Crippen LogP contribution >= 0.6 is 0 Å². The van der Waals surface area contributed by atoms with Gasteiger partial charge in [-0.3, -0.25) is 9.20 Å². The number of rotatable bonds is 4. The second-order valence-electron chi connectivity index (χ2n) is 9.21. The van der Waals surface area contributed by atoms with Gasteiger partial charge in [0.2, 0.25) is 0 Å². The van der Waals surface area contributed by atoms with Crippen LogP contribution in [-0.4, -0.2) is 43.6 Å². The lowest BCUT2D eigenvalue weighted by atomic mass is 9.93. The molecule has 156 valence electrons. The maximum absolute atomic E-state index is 12.8. The minimum absolute atomic E-state index is 0.133. The lowest BCUT2D eigenvalue weighted by Gasteiger charge is -2.27. The highest BCUT2D eigenvalue weighted by Gasteiger charge is 2.50. The third kappa shape index (κ3) is 3.10. The van der Waals surface area contributed by atoms with E-state index in [9.17, 15) is 9.90 Å². The SMILES string of the molecule is CC(C)(O)c1cccn2c(C3(c4ccc(C(=O)N5CCCCC5)cc4)CC3)nnc12. The van der Waals surface area contributed by atoms with Crippen LogP contribution in [0.25, 0.3) is 5.65 Å². The highest BCUT2D eigenvalue weighted by molar-refractivity contribution is 5.94. The number of piperidine rings is 1. The van der Waals surface area contributed by atoms with Gasteiger partial charge in [-0.1, -0.05) is 18.2 Å². The van der Waals surface area contributed by atoms with Crippen molar-refractivity contribution in [2.45, 2.75) is 57.0 Å². The summed E-state index contributed by atoms with van der Waals surface area (Å²) in [5, 5.41) is 19.5. The van der Waals surface area contributed by atoms with Crippen LogP contribution in [0.1, 0.15) is 73.3 Å². The molecule has 1 N–H and O–H groups in total. The number of hydrogen-bond acceptors (Lipinski definition) is 4. The first-order valence-electron chi connectivity index (χ1n) is 10.9. The molecule has 0 radical (unpaired) electrons. The lowest BCUT2D eigenvalue weighted by molar-refractivity contribution is 0.0723. The molecule has 6 nitrogen and oxygen atoms in total. The van der Waals surface area contributed by atoms with Crippen molar-refractivity contribution in [3.63, 3.8) is 0 Å². The molecule has 1 saturated carbocycles. The lowest BCUT2D eigenvalue weighted by Crippen LogP contribution is -2.35. The molecule has 5 rings (SSSR count). The summed E-state index contributed by atoms with van der Waals surface area (Å²) < 4.78 is 2.01. The number of fused-ring (bicyclic) bond motifs is 1. The predicted octanol–water partition coefficient (Wildman–Crippen LogP) is 3.66. The number of aromatic nitrogens is 3. The van der Waals surface area contributed by atoms with Gasteiger partial charge >= 0.3 is 0 Å². The third-order valence-corrected chi connectivity index (χ3v) is 6.60. The number of amides is 1. The fourth-order valence-corrected chi connectivity index (χ4v) is 4.70. The molecule has 0 atom stereocenters. The number of aliphatic hydroxyl groups is 1. The maximum Gasteiger partial charge on any atom is 0.253 e. The molecule has 1 aromatic carbocycles. The first-order chi connectivity index (χ1) is 14.4. The van der Waals surface area contributed by atoms with Gasteiger partial charge in [-0.25, -0.2) is 0 Å². The summed E-state index contributed by atoms with van der Waals surface area (Å²) in [7, 11) is 0. The monoisotopic (exact) mass is 404 g/mol. The molecule has 3 heterocycles. The van der Waals surface area contributed by atoms with Crippen molar-refractivity contribution in [1.82, 2.24) is 19.5 Å². The average Bonchev–Trinajstić information content (AvgIpc) is 3.45. The summed E-state index contributed by atoms with van der Waals surface area (Å²) in [6.45, 7) is 5.25. The van der Waals surface area contributed by atoms with E-state index in [0.29, 0.717) is 5.65 Å². The molecule has 0 bridgehead atoms. The van der Waals surface area contributed by atoms with Gasteiger partial charge in [0.05, 0.1) is 11.0 Å². The molecule has 0 spiro atoms. The van der Waals surface area contributed by atoms with Gasteiger partial charge in [0, 0.05) is 30.4 Å². The Labute approximate surface area is 176 Å². The quantitative estimate of drug-likeness (QED) is 0.720. The Kier molecular flexibility index (Phi) is 4.43. The fourth-order valence-electron chi connectivity index (χ4n) is 4.70. The van der Waals surface area contributed by atoms with Crippen molar-refractivity contribution < 1.29 is 9.90 Å². The molecule has 2 aliphatic rings. The van der Waals surface area contributed by atoms with Gasteiger partial charge in [-0.15, -0.1) is 10.2 Å². The topological polar surface area (TPSA) is 70.7 Å². The van der Waals surface area contributed by atoms with E-state index in [4.69, 9.17) is 0 Å². The van der Waals surface area contributed by atoms with Crippen LogP contribution in [0.4, 0.5) is 0 Å². The second-order valence-corrected chi connectivity index (χ2v) is 9.21. The van der Waals surface area contributed by atoms with Gasteiger partial charge < -0.3 is 10.0 Å². The maximum atomic E-state index is 12.8. The fraction of sp³-hybridized carbons (Fsp3) is 0.458.